The summed E-state index contributed by atoms with van der Waals surface area (Å²) in [6, 6.07) is 19.6. The largest absolute Gasteiger partial charge is 0.416 e. The van der Waals surface area contributed by atoms with Gasteiger partial charge in [-0.15, -0.1) is 0 Å². The number of H-pyrrole nitrogens is 2. The minimum atomic E-state index is -4.50. The number of carbonyl (C=O) groups excluding carboxylic acids is 1. The predicted molar refractivity (Wildman–Crippen MR) is 141 cm³/mol. The van der Waals surface area contributed by atoms with Gasteiger partial charge in [0.15, 0.2) is 0 Å². The van der Waals surface area contributed by atoms with Crippen LogP contribution < -0.4 is 16.2 Å². The number of aromatic nitrogens is 3. The maximum atomic E-state index is 12.9. The second kappa shape index (κ2) is 10.5. The number of aliphatic hydroxyl groups is 1. The molecule has 2 aromatic heterocycles. The molecule has 0 unspecified atom stereocenters. The van der Waals surface area contributed by atoms with Crippen LogP contribution in [0, 0.1) is 0 Å². The van der Waals surface area contributed by atoms with Crippen molar-refractivity contribution in [1.29, 1.82) is 0 Å². The summed E-state index contributed by atoms with van der Waals surface area (Å²) in [5.74, 6) is -0.387. The molecule has 2 heterocycles. The number of nitrogens with zero attached hydrogens (tertiary/aromatic N) is 1. The van der Waals surface area contributed by atoms with Crippen LogP contribution in [0.5, 0.6) is 0 Å². The Morgan fingerprint density at radius 3 is 2.41 bits per heavy atom. The van der Waals surface area contributed by atoms with Gasteiger partial charge in [-0.2, -0.15) is 13.2 Å². The zero-order chi connectivity index (χ0) is 27.6. The quantitative estimate of drug-likeness (QED) is 0.193. The Hall–Kier alpha value is -4.90. The molecule has 0 aliphatic carbocycles. The summed E-state index contributed by atoms with van der Waals surface area (Å²) in [6.45, 7) is 0.134. The number of amides is 1. The highest BCUT2D eigenvalue weighted by Gasteiger charge is 2.30. The number of carbonyl (C=O) groups is 1. The Balaban J connectivity index is 1.41. The minimum Gasteiger partial charge on any atom is -0.387 e. The molecule has 0 spiro atoms. The summed E-state index contributed by atoms with van der Waals surface area (Å²) in [6.07, 6.45) is -3.85. The molecule has 0 radical (unpaired) electrons. The molecule has 1 atom stereocenters. The number of anilines is 2. The zero-order valence-corrected chi connectivity index (χ0v) is 20.2. The van der Waals surface area contributed by atoms with Crippen molar-refractivity contribution in [2.24, 2.45) is 0 Å². The van der Waals surface area contributed by atoms with E-state index in [1.54, 1.807) is 36.4 Å². The van der Waals surface area contributed by atoms with Crippen LogP contribution >= 0.6 is 0 Å². The number of para-hydroxylation sites is 1. The van der Waals surface area contributed by atoms with E-state index in [-0.39, 0.29) is 23.5 Å². The number of imidazole rings is 1. The Labute approximate surface area is 219 Å². The monoisotopic (exact) mass is 533 g/mol. The van der Waals surface area contributed by atoms with E-state index < -0.39 is 29.3 Å². The van der Waals surface area contributed by atoms with Gasteiger partial charge in [-0.05, 0) is 48.0 Å². The first-order valence-electron chi connectivity index (χ1n) is 11.9. The Kier molecular flexibility index (Phi) is 6.90. The van der Waals surface area contributed by atoms with Gasteiger partial charge in [0.25, 0.3) is 11.5 Å². The number of hydrogen-bond donors (Lipinski definition) is 5. The van der Waals surface area contributed by atoms with Crippen molar-refractivity contribution in [2.45, 2.75) is 12.3 Å². The smallest absolute Gasteiger partial charge is 0.387 e. The predicted octanol–water partition coefficient (Wildman–Crippen LogP) is 5.33. The highest BCUT2D eigenvalue weighted by molar-refractivity contribution is 6.08. The van der Waals surface area contributed by atoms with Crippen molar-refractivity contribution in [3.63, 3.8) is 0 Å². The van der Waals surface area contributed by atoms with Gasteiger partial charge < -0.3 is 25.7 Å². The van der Waals surface area contributed by atoms with Gasteiger partial charge in [0.1, 0.15) is 11.4 Å². The molecule has 198 valence electrons. The van der Waals surface area contributed by atoms with E-state index in [0.717, 1.165) is 24.3 Å². The normalized spacial score (nSPS) is 12.3. The van der Waals surface area contributed by atoms with Crippen LogP contribution in [0.3, 0.4) is 0 Å². The first-order chi connectivity index (χ1) is 18.7. The first-order valence-corrected chi connectivity index (χ1v) is 11.9. The van der Waals surface area contributed by atoms with Gasteiger partial charge >= 0.3 is 6.18 Å². The molecule has 5 N–H and O–H groups in total. The fourth-order valence-corrected chi connectivity index (χ4v) is 4.12. The molecule has 0 bridgehead atoms. The molecule has 1 amide bonds. The number of hydrogen-bond acceptors (Lipinski definition) is 5. The Morgan fingerprint density at radius 1 is 0.949 bits per heavy atom. The fraction of sp³-hybridized carbons (Fsp3) is 0.107. The van der Waals surface area contributed by atoms with Crippen molar-refractivity contribution in [3.05, 3.63) is 112 Å². The van der Waals surface area contributed by atoms with Gasteiger partial charge in [0, 0.05) is 18.3 Å². The van der Waals surface area contributed by atoms with Crippen LogP contribution in [0.15, 0.2) is 89.9 Å². The van der Waals surface area contributed by atoms with E-state index in [0.29, 0.717) is 28.0 Å². The van der Waals surface area contributed by atoms with E-state index in [2.05, 4.69) is 25.6 Å². The van der Waals surface area contributed by atoms with Crippen molar-refractivity contribution in [1.82, 2.24) is 15.0 Å². The first kappa shape index (κ1) is 25.7. The third-order valence-corrected chi connectivity index (χ3v) is 6.11. The van der Waals surface area contributed by atoms with E-state index >= 15 is 0 Å². The van der Waals surface area contributed by atoms with Crippen LogP contribution in [0.25, 0.3) is 22.4 Å². The number of aromatic amines is 2. The van der Waals surface area contributed by atoms with E-state index in [1.165, 1.54) is 6.20 Å². The number of pyridine rings is 1. The number of halogens is 3. The molecule has 0 saturated carbocycles. The van der Waals surface area contributed by atoms with Gasteiger partial charge in [0.2, 0.25) is 0 Å². The zero-order valence-electron chi connectivity index (χ0n) is 20.2. The van der Waals surface area contributed by atoms with Crippen LogP contribution in [-0.4, -0.2) is 32.5 Å². The molecule has 3 aromatic carbocycles. The van der Waals surface area contributed by atoms with E-state index in [1.807, 2.05) is 18.2 Å². The van der Waals surface area contributed by atoms with Crippen LogP contribution in [0.1, 0.15) is 27.6 Å². The lowest BCUT2D eigenvalue weighted by molar-refractivity contribution is -0.137. The topological polar surface area (TPSA) is 123 Å². The number of alkyl halides is 3. The number of fused-ring (bicyclic) bond motifs is 1. The van der Waals surface area contributed by atoms with Gasteiger partial charge in [-0.3, -0.25) is 9.59 Å². The van der Waals surface area contributed by atoms with E-state index in [4.69, 9.17) is 0 Å². The summed E-state index contributed by atoms with van der Waals surface area (Å²) >= 11 is 0. The maximum Gasteiger partial charge on any atom is 0.416 e. The molecule has 0 aliphatic heterocycles. The van der Waals surface area contributed by atoms with Crippen LogP contribution in [0.4, 0.5) is 24.5 Å². The lowest BCUT2D eigenvalue weighted by atomic mass is 10.1. The Bertz CT molecular complexity index is 1680. The number of rotatable bonds is 7. The SMILES string of the molecule is O=C(Nc1cccc2nc(-c3c(NC[C@H](O)c4ccccc4)cc[nH]c3=O)[nH]c12)c1ccc(C(F)(F)F)cc1. The summed E-state index contributed by atoms with van der Waals surface area (Å²) in [4.78, 5) is 35.8. The lowest BCUT2D eigenvalue weighted by Crippen LogP contribution is -2.17. The van der Waals surface area contributed by atoms with Crippen molar-refractivity contribution < 1.29 is 23.1 Å². The van der Waals surface area contributed by atoms with Crippen molar-refractivity contribution in [3.8, 4) is 11.4 Å². The van der Waals surface area contributed by atoms with Gasteiger partial charge in [-0.1, -0.05) is 36.4 Å². The molecular formula is C28H22F3N5O3. The summed E-state index contributed by atoms with van der Waals surface area (Å²) in [5.41, 5.74) is 1.32. The number of aliphatic hydroxyl groups excluding tert-OH is 1. The molecule has 11 heteroatoms. The van der Waals surface area contributed by atoms with Crippen molar-refractivity contribution >= 4 is 28.3 Å². The van der Waals surface area contributed by atoms with Gasteiger partial charge in [0.05, 0.1) is 34.1 Å². The maximum absolute atomic E-state index is 12.9. The molecule has 0 aliphatic rings. The number of nitrogens with one attached hydrogen (secondary N) is 4. The third kappa shape index (κ3) is 5.53. The van der Waals surface area contributed by atoms with E-state index in [9.17, 15) is 27.9 Å². The summed E-state index contributed by atoms with van der Waals surface area (Å²) in [7, 11) is 0. The second-order valence-electron chi connectivity index (χ2n) is 8.72. The second-order valence-corrected chi connectivity index (χ2v) is 8.72. The standard InChI is InChI=1S/C28H22F3N5O3/c29-28(30,31)18-11-9-17(10-12-18)26(38)35-21-8-4-7-20-24(21)36-25(34-20)23-19(13-14-32-27(23)39)33-15-22(37)16-5-2-1-3-6-16/h1-14,22,37H,15H2,(H,34,36)(H,35,38)(H2,32,33,39)/t22-/m0/s1. The molecule has 8 nitrogen and oxygen atoms in total. The highest BCUT2D eigenvalue weighted by atomic mass is 19.4. The molecule has 0 fully saturated rings. The number of benzene rings is 3. The van der Waals surface area contributed by atoms with Crippen molar-refractivity contribution in [2.75, 3.05) is 17.2 Å². The molecular weight excluding hydrogens is 511 g/mol. The summed E-state index contributed by atoms with van der Waals surface area (Å²) in [5, 5.41) is 16.3. The minimum absolute atomic E-state index is 0.0442. The average molecular weight is 534 g/mol. The molecule has 5 rings (SSSR count). The van der Waals surface area contributed by atoms with Crippen LogP contribution in [-0.2, 0) is 6.18 Å². The van der Waals surface area contributed by atoms with Gasteiger partial charge in [-0.25, -0.2) is 4.98 Å². The molecule has 5 aromatic rings. The fourth-order valence-electron chi connectivity index (χ4n) is 4.12. The third-order valence-electron chi connectivity index (χ3n) is 6.11. The average Bonchev–Trinajstić information content (AvgIpc) is 3.36. The molecule has 39 heavy (non-hydrogen) atoms. The lowest BCUT2D eigenvalue weighted by Gasteiger charge is -2.14. The Morgan fingerprint density at radius 2 is 1.69 bits per heavy atom. The molecule has 0 saturated heterocycles. The summed E-state index contributed by atoms with van der Waals surface area (Å²) < 4.78 is 38.6. The highest BCUT2D eigenvalue weighted by Crippen LogP contribution is 2.30. The van der Waals surface area contributed by atoms with Crippen LogP contribution in [0.2, 0.25) is 0 Å².